The van der Waals surface area contributed by atoms with Crippen LogP contribution >= 0.6 is 24.0 Å². The third-order valence-corrected chi connectivity index (χ3v) is 4.37. The van der Waals surface area contributed by atoms with Crippen LogP contribution in [0.1, 0.15) is 11.1 Å². The summed E-state index contributed by atoms with van der Waals surface area (Å²) in [6.45, 7) is 1.45. The molecule has 30 heavy (non-hydrogen) atoms. The molecule has 0 radical (unpaired) electrons. The van der Waals surface area contributed by atoms with E-state index in [1.807, 2.05) is 36.4 Å². The average Bonchev–Trinajstić information content (AvgIpc) is 2.76. The molecule has 0 saturated carbocycles. The summed E-state index contributed by atoms with van der Waals surface area (Å²) >= 11 is 0. The molecule has 164 valence electrons. The van der Waals surface area contributed by atoms with E-state index in [-0.39, 0.29) is 36.4 Å². The molecule has 0 aliphatic rings. The second-order valence-electron chi connectivity index (χ2n) is 6.38. The molecule has 0 atom stereocenters. The molecule has 7 nitrogen and oxygen atoms in total. The Labute approximate surface area is 195 Å². The fourth-order valence-electron chi connectivity index (χ4n) is 2.80. The first-order valence-electron chi connectivity index (χ1n) is 9.62. The van der Waals surface area contributed by atoms with Crippen molar-refractivity contribution in [2.45, 2.75) is 12.8 Å². The highest BCUT2D eigenvalue weighted by molar-refractivity contribution is 14.0. The molecule has 0 aromatic heterocycles. The Balaban J connectivity index is 0.00000450. The highest BCUT2D eigenvalue weighted by Crippen LogP contribution is 2.27. The van der Waals surface area contributed by atoms with E-state index in [9.17, 15) is 4.79 Å². The number of hydrogen-bond acceptors (Lipinski definition) is 4. The van der Waals surface area contributed by atoms with Crippen LogP contribution in [0.2, 0.25) is 0 Å². The van der Waals surface area contributed by atoms with Crippen molar-refractivity contribution >= 4 is 35.8 Å². The highest BCUT2D eigenvalue weighted by Gasteiger charge is 2.06. The average molecular weight is 526 g/mol. The van der Waals surface area contributed by atoms with Gasteiger partial charge >= 0.3 is 0 Å². The molecular formula is C22H31IN4O3. The smallest absolute Gasteiger partial charge is 0.239 e. The van der Waals surface area contributed by atoms with E-state index < -0.39 is 0 Å². The van der Waals surface area contributed by atoms with E-state index in [0.717, 1.165) is 18.4 Å². The lowest BCUT2D eigenvalue weighted by Crippen LogP contribution is -2.44. The number of nitrogens with one attached hydrogen (secondary N) is 3. The van der Waals surface area contributed by atoms with Gasteiger partial charge in [0.2, 0.25) is 5.91 Å². The van der Waals surface area contributed by atoms with Crippen molar-refractivity contribution in [2.75, 3.05) is 40.9 Å². The largest absolute Gasteiger partial charge is 0.493 e. The molecule has 0 aliphatic heterocycles. The Morgan fingerprint density at radius 1 is 0.867 bits per heavy atom. The quantitative estimate of drug-likeness (QED) is 0.252. The zero-order valence-electron chi connectivity index (χ0n) is 17.7. The molecule has 0 aliphatic carbocycles. The van der Waals surface area contributed by atoms with Crippen molar-refractivity contribution in [1.29, 1.82) is 0 Å². The Morgan fingerprint density at radius 2 is 1.53 bits per heavy atom. The van der Waals surface area contributed by atoms with Gasteiger partial charge in [-0.3, -0.25) is 9.79 Å². The number of benzene rings is 2. The number of methoxy groups -OCH3 is 2. The number of carbonyl (C=O) groups is 1. The van der Waals surface area contributed by atoms with Crippen LogP contribution in [0.25, 0.3) is 0 Å². The van der Waals surface area contributed by atoms with E-state index in [1.54, 1.807) is 21.3 Å². The van der Waals surface area contributed by atoms with Crippen molar-refractivity contribution in [2.24, 2.45) is 4.99 Å². The third kappa shape index (κ3) is 8.89. The molecule has 0 spiro atoms. The number of aliphatic imine (C=N–C) groups is 1. The van der Waals surface area contributed by atoms with Crippen LogP contribution in [0.15, 0.2) is 53.5 Å². The van der Waals surface area contributed by atoms with Gasteiger partial charge in [-0.25, -0.2) is 0 Å². The minimum Gasteiger partial charge on any atom is -0.493 e. The summed E-state index contributed by atoms with van der Waals surface area (Å²) < 4.78 is 10.6. The van der Waals surface area contributed by atoms with Crippen LogP contribution in [-0.4, -0.2) is 52.8 Å². The highest BCUT2D eigenvalue weighted by atomic mass is 127. The van der Waals surface area contributed by atoms with Gasteiger partial charge in [-0.15, -0.1) is 24.0 Å². The molecule has 8 heteroatoms. The summed E-state index contributed by atoms with van der Waals surface area (Å²) in [4.78, 5) is 16.1. The summed E-state index contributed by atoms with van der Waals surface area (Å²) in [5.41, 5.74) is 2.32. The van der Waals surface area contributed by atoms with Crippen LogP contribution < -0.4 is 25.4 Å². The molecule has 2 rings (SSSR count). The summed E-state index contributed by atoms with van der Waals surface area (Å²) in [5, 5.41) is 9.14. The summed E-state index contributed by atoms with van der Waals surface area (Å²) in [5.74, 6) is 1.94. The Hall–Kier alpha value is -2.49. The van der Waals surface area contributed by atoms with Crippen LogP contribution in [-0.2, 0) is 17.6 Å². The van der Waals surface area contributed by atoms with Crippen molar-refractivity contribution in [3.8, 4) is 11.5 Å². The van der Waals surface area contributed by atoms with Gasteiger partial charge in [0.15, 0.2) is 17.5 Å². The second kappa shape index (κ2) is 14.5. The number of nitrogens with zero attached hydrogens (tertiary/aromatic N) is 1. The lowest BCUT2D eigenvalue weighted by molar-refractivity contribution is -0.119. The number of hydrogen-bond donors (Lipinski definition) is 3. The van der Waals surface area contributed by atoms with Crippen molar-refractivity contribution in [3.05, 3.63) is 59.7 Å². The van der Waals surface area contributed by atoms with Crippen molar-refractivity contribution < 1.29 is 14.3 Å². The minimum atomic E-state index is -0.0660. The van der Waals surface area contributed by atoms with E-state index in [1.165, 1.54) is 5.56 Å². The number of ether oxygens (including phenoxy) is 2. The number of rotatable bonds is 10. The van der Waals surface area contributed by atoms with Gasteiger partial charge in [-0.1, -0.05) is 36.4 Å². The Bertz CT molecular complexity index is 800. The van der Waals surface area contributed by atoms with Gasteiger partial charge in [0.1, 0.15) is 0 Å². The number of amides is 1. The predicted octanol–water partition coefficient (Wildman–Crippen LogP) is 2.39. The number of carbonyl (C=O) groups excluding carboxylic acids is 1. The van der Waals surface area contributed by atoms with Crippen molar-refractivity contribution in [1.82, 2.24) is 16.0 Å². The minimum absolute atomic E-state index is 0. The maximum atomic E-state index is 12.0. The van der Waals surface area contributed by atoms with Crippen LogP contribution in [0.4, 0.5) is 0 Å². The van der Waals surface area contributed by atoms with E-state index in [0.29, 0.717) is 30.5 Å². The molecule has 0 heterocycles. The van der Waals surface area contributed by atoms with Gasteiger partial charge < -0.3 is 25.4 Å². The fraction of sp³-hybridized carbons (Fsp3) is 0.364. The van der Waals surface area contributed by atoms with E-state index in [2.05, 4.69) is 33.1 Å². The zero-order chi connectivity index (χ0) is 20.9. The molecule has 3 N–H and O–H groups in total. The topological polar surface area (TPSA) is 84.0 Å². The SMILES string of the molecule is CN=C(NCCc1ccc(OC)c(OC)c1)NCC(=O)NCCc1ccccc1.I. The predicted molar refractivity (Wildman–Crippen MR) is 131 cm³/mol. The molecule has 2 aromatic rings. The zero-order valence-corrected chi connectivity index (χ0v) is 20.1. The third-order valence-electron chi connectivity index (χ3n) is 4.37. The fourth-order valence-corrected chi connectivity index (χ4v) is 2.80. The standard InChI is InChI=1S/C22H30N4O3.HI/c1-23-22(25-14-12-18-9-10-19(28-2)20(15-18)29-3)26-16-21(27)24-13-11-17-7-5-4-6-8-17;/h4-10,15H,11-14,16H2,1-3H3,(H,24,27)(H2,23,25,26);1H. The first-order chi connectivity index (χ1) is 14.2. The molecular weight excluding hydrogens is 495 g/mol. The van der Waals surface area contributed by atoms with Gasteiger partial charge in [0, 0.05) is 20.1 Å². The van der Waals surface area contributed by atoms with E-state index >= 15 is 0 Å². The first kappa shape index (κ1) is 25.5. The second-order valence-corrected chi connectivity index (χ2v) is 6.38. The number of halogens is 1. The van der Waals surface area contributed by atoms with Gasteiger partial charge in [-0.05, 0) is 36.1 Å². The molecule has 0 unspecified atom stereocenters. The van der Waals surface area contributed by atoms with E-state index in [4.69, 9.17) is 9.47 Å². The first-order valence-corrected chi connectivity index (χ1v) is 9.62. The molecule has 0 saturated heterocycles. The maximum absolute atomic E-state index is 12.0. The lowest BCUT2D eigenvalue weighted by atomic mass is 10.1. The van der Waals surface area contributed by atoms with Gasteiger partial charge in [0.25, 0.3) is 0 Å². The summed E-state index contributed by atoms with van der Waals surface area (Å²) in [7, 11) is 4.92. The van der Waals surface area contributed by atoms with Crippen LogP contribution in [0.5, 0.6) is 11.5 Å². The normalized spacial score (nSPS) is 10.6. The van der Waals surface area contributed by atoms with Gasteiger partial charge in [-0.2, -0.15) is 0 Å². The van der Waals surface area contributed by atoms with Crippen LogP contribution in [0.3, 0.4) is 0 Å². The molecule has 0 bridgehead atoms. The molecule has 0 fully saturated rings. The monoisotopic (exact) mass is 526 g/mol. The van der Waals surface area contributed by atoms with Crippen LogP contribution in [0, 0.1) is 0 Å². The summed E-state index contributed by atoms with van der Waals surface area (Å²) in [6, 6.07) is 15.9. The Kier molecular flexibility index (Phi) is 12.3. The summed E-state index contributed by atoms with van der Waals surface area (Å²) in [6.07, 6.45) is 1.59. The molecule has 2 aromatic carbocycles. The maximum Gasteiger partial charge on any atom is 0.239 e. The lowest BCUT2D eigenvalue weighted by Gasteiger charge is -2.13. The van der Waals surface area contributed by atoms with Gasteiger partial charge in [0.05, 0.1) is 20.8 Å². The molecule has 1 amide bonds. The Morgan fingerprint density at radius 3 is 2.20 bits per heavy atom. The number of guanidine groups is 1. The van der Waals surface area contributed by atoms with Crippen molar-refractivity contribution in [3.63, 3.8) is 0 Å².